The molecule has 3 aromatic rings. The first kappa shape index (κ1) is 20.0. The van der Waals surface area contributed by atoms with Crippen molar-refractivity contribution in [2.24, 2.45) is 0 Å². The number of anilines is 1. The number of carbonyl (C=O) groups is 2. The summed E-state index contributed by atoms with van der Waals surface area (Å²) in [5, 5.41) is 4.42. The highest BCUT2D eigenvalue weighted by Gasteiger charge is 2.13. The van der Waals surface area contributed by atoms with E-state index in [1.807, 2.05) is 0 Å². The number of aromatic nitrogens is 2. The summed E-state index contributed by atoms with van der Waals surface area (Å²) in [4.78, 5) is 44.6. The number of hydrogen-bond acceptors (Lipinski definition) is 6. The third kappa shape index (κ3) is 5.17. The van der Waals surface area contributed by atoms with Crippen LogP contribution in [-0.4, -0.2) is 45.2 Å². The van der Waals surface area contributed by atoms with Crippen LogP contribution in [0, 0.1) is 5.82 Å². The monoisotopic (exact) mass is 420 g/mol. The average molecular weight is 420 g/mol. The molecule has 0 aliphatic carbocycles. The van der Waals surface area contributed by atoms with Crippen molar-refractivity contribution in [1.82, 2.24) is 14.9 Å². The second-order valence-corrected chi connectivity index (χ2v) is 7.85. The molecule has 2 amide bonds. The average Bonchev–Trinajstić information content (AvgIpc) is 3.12. The minimum Gasteiger partial charge on any atom is -0.338 e. The molecule has 0 saturated carbocycles. The fourth-order valence-corrected chi connectivity index (χ4v) is 3.86. The molecule has 0 aliphatic heterocycles. The Morgan fingerprint density at radius 3 is 2.75 bits per heavy atom. The standard InChI is InChI=1S/C18H17FN4O3S2/c1-23(8-14-21-13-6-7-28-17(13)18(26)22-14)16(25)10-27-9-15(24)20-12-4-2-11(19)3-5-12/h2-7H,8-10H2,1H3,(H,20,24)(H,21,22,26). The van der Waals surface area contributed by atoms with Crippen LogP contribution in [0.3, 0.4) is 0 Å². The van der Waals surface area contributed by atoms with Gasteiger partial charge in [-0.05, 0) is 35.7 Å². The van der Waals surface area contributed by atoms with E-state index in [0.29, 0.717) is 21.7 Å². The van der Waals surface area contributed by atoms with Gasteiger partial charge in [0.25, 0.3) is 5.56 Å². The van der Waals surface area contributed by atoms with Crippen molar-refractivity contribution in [1.29, 1.82) is 0 Å². The van der Waals surface area contributed by atoms with Gasteiger partial charge in [-0.15, -0.1) is 23.1 Å². The Bertz CT molecular complexity index is 1050. The van der Waals surface area contributed by atoms with Crippen molar-refractivity contribution in [3.63, 3.8) is 0 Å². The zero-order valence-electron chi connectivity index (χ0n) is 14.9. The van der Waals surface area contributed by atoms with Gasteiger partial charge in [-0.3, -0.25) is 14.4 Å². The molecule has 0 saturated heterocycles. The van der Waals surface area contributed by atoms with Gasteiger partial charge in [0, 0.05) is 12.7 Å². The van der Waals surface area contributed by atoms with Gasteiger partial charge < -0.3 is 15.2 Å². The lowest BCUT2D eigenvalue weighted by molar-refractivity contribution is -0.127. The molecule has 146 valence electrons. The van der Waals surface area contributed by atoms with E-state index in [9.17, 15) is 18.8 Å². The third-order valence-corrected chi connectivity index (χ3v) is 5.58. The molecule has 0 radical (unpaired) electrons. The number of nitrogens with zero attached hydrogens (tertiary/aromatic N) is 2. The number of thiophene rings is 1. The summed E-state index contributed by atoms with van der Waals surface area (Å²) < 4.78 is 13.4. The molecule has 1 aromatic carbocycles. The fraction of sp³-hybridized carbons (Fsp3) is 0.222. The largest absolute Gasteiger partial charge is 0.338 e. The number of aromatic amines is 1. The zero-order chi connectivity index (χ0) is 20.1. The lowest BCUT2D eigenvalue weighted by atomic mass is 10.3. The smallest absolute Gasteiger partial charge is 0.268 e. The maximum absolute atomic E-state index is 12.8. The number of rotatable bonds is 7. The van der Waals surface area contributed by atoms with Crippen LogP contribution in [0.4, 0.5) is 10.1 Å². The zero-order valence-corrected chi connectivity index (χ0v) is 16.5. The summed E-state index contributed by atoms with van der Waals surface area (Å²) in [7, 11) is 1.61. The molecule has 0 atom stereocenters. The summed E-state index contributed by atoms with van der Waals surface area (Å²) in [6.45, 7) is 0.169. The number of thioether (sulfide) groups is 1. The molecule has 0 unspecified atom stereocenters. The lowest BCUT2D eigenvalue weighted by Crippen LogP contribution is -2.30. The van der Waals surface area contributed by atoms with Gasteiger partial charge in [0.15, 0.2) is 0 Å². The van der Waals surface area contributed by atoms with Crippen LogP contribution in [0.15, 0.2) is 40.5 Å². The molecular formula is C18H17FN4O3S2. The molecule has 2 aromatic heterocycles. The van der Waals surface area contributed by atoms with Gasteiger partial charge >= 0.3 is 0 Å². The normalized spacial score (nSPS) is 10.8. The second-order valence-electron chi connectivity index (χ2n) is 5.95. The molecule has 0 spiro atoms. The Balaban J connectivity index is 1.46. The molecule has 28 heavy (non-hydrogen) atoms. The van der Waals surface area contributed by atoms with E-state index < -0.39 is 0 Å². The van der Waals surface area contributed by atoms with Gasteiger partial charge in [-0.2, -0.15) is 0 Å². The minimum atomic E-state index is -0.380. The molecule has 7 nitrogen and oxygen atoms in total. The first-order valence-electron chi connectivity index (χ1n) is 8.26. The highest BCUT2D eigenvalue weighted by atomic mass is 32.2. The van der Waals surface area contributed by atoms with Crippen molar-refractivity contribution in [2.45, 2.75) is 6.54 Å². The number of nitrogens with one attached hydrogen (secondary N) is 2. The van der Waals surface area contributed by atoms with E-state index in [1.165, 1.54) is 52.3 Å². The number of hydrogen-bond donors (Lipinski definition) is 2. The molecule has 2 heterocycles. The lowest BCUT2D eigenvalue weighted by Gasteiger charge is -2.16. The Morgan fingerprint density at radius 1 is 1.25 bits per heavy atom. The van der Waals surface area contributed by atoms with Crippen molar-refractivity contribution in [2.75, 3.05) is 23.9 Å². The quantitative estimate of drug-likeness (QED) is 0.612. The van der Waals surface area contributed by atoms with Crippen LogP contribution in [0.5, 0.6) is 0 Å². The van der Waals surface area contributed by atoms with Crippen molar-refractivity contribution in [3.8, 4) is 0 Å². The number of amides is 2. The fourth-order valence-electron chi connectivity index (χ4n) is 2.38. The van der Waals surface area contributed by atoms with E-state index in [-0.39, 0.29) is 41.2 Å². The number of H-pyrrole nitrogens is 1. The molecular weight excluding hydrogens is 403 g/mol. The van der Waals surface area contributed by atoms with Crippen LogP contribution in [0.25, 0.3) is 10.2 Å². The van der Waals surface area contributed by atoms with Crippen molar-refractivity contribution >= 4 is 50.8 Å². The molecule has 2 N–H and O–H groups in total. The number of fused-ring (bicyclic) bond motifs is 1. The molecule has 10 heteroatoms. The topological polar surface area (TPSA) is 95.2 Å². The number of carbonyl (C=O) groups excluding carboxylic acids is 2. The summed E-state index contributed by atoms with van der Waals surface area (Å²) in [6.07, 6.45) is 0. The van der Waals surface area contributed by atoms with E-state index in [4.69, 9.17) is 0 Å². The Hall–Kier alpha value is -2.72. The first-order chi connectivity index (χ1) is 13.4. The highest BCUT2D eigenvalue weighted by Crippen LogP contribution is 2.14. The van der Waals surface area contributed by atoms with E-state index in [1.54, 1.807) is 18.5 Å². The highest BCUT2D eigenvalue weighted by molar-refractivity contribution is 8.00. The summed E-state index contributed by atoms with van der Waals surface area (Å²) in [5.74, 6) is -0.236. The van der Waals surface area contributed by atoms with Crippen LogP contribution in [-0.2, 0) is 16.1 Å². The first-order valence-corrected chi connectivity index (χ1v) is 10.3. The van der Waals surface area contributed by atoms with Gasteiger partial charge in [-0.25, -0.2) is 9.37 Å². The summed E-state index contributed by atoms with van der Waals surface area (Å²) in [5.41, 5.74) is 0.883. The van der Waals surface area contributed by atoms with Gasteiger partial charge in [0.1, 0.15) is 16.3 Å². The van der Waals surface area contributed by atoms with E-state index in [2.05, 4.69) is 15.3 Å². The van der Waals surface area contributed by atoms with Crippen LogP contribution in [0.2, 0.25) is 0 Å². The molecule has 3 rings (SSSR count). The van der Waals surface area contributed by atoms with Crippen LogP contribution in [0.1, 0.15) is 5.82 Å². The predicted molar refractivity (Wildman–Crippen MR) is 109 cm³/mol. The van der Waals surface area contributed by atoms with E-state index >= 15 is 0 Å². The van der Waals surface area contributed by atoms with Gasteiger partial charge in [0.2, 0.25) is 11.8 Å². The Labute approximate surface area is 168 Å². The Kier molecular flexibility index (Phi) is 6.42. The Morgan fingerprint density at radius 2 is 2.00 bits per heavy atom. The molecule has 0 fully saturated rings. The molecule has 0 aliphatic rings. The third-order valence-electron chi connectivity index (χ3n) is 3.76. The maximum atomic E-state index is 12.8. The molecule has 0 bridgehead atoms. The van der Waals surface area contributed by atoms with Crippen LogP contribution >= 0.6 is 23.1 Å². The van der Waals surface area contributed by atoms with Crippen molar-refractivity contribution < 1.29 is 14.0 Å². The maximum Gasteiger partial charge on any atom is 0.268 e. The SMILES string of the molecule is CN(Cc1nc2ccsc2c(=O)[nH]1)C(=O)CSCC(=O)Nc1ccc(F)cc1. The number of halogens is 1. The summed E-state index contributed by atoms with van der Waals surface area (Å²) >= 11 is 2.49. The summed E-state index contributed by atoms with van der Waals surface area (Å²) in [6, 6.07) is 7.21. The van der Waals surface area contributed by atoms with Gasteiger partial charge in [0.05, 0.1) is 23.6 Å². The minimum absolute atomic E-state index is 0.0902. The number of benzene rings is 1. The van der Waals surface area contributed by atoms with E-state index in [0.717, 1.165) is 0 Å². The van der Waals surface area contributed by atoms with Crippen molar-refractivity contribution in [3.05, 3.63) is 57.7 Å². The predicted octanol–water partition coefficient (Wildman–Crippen LogP) is 2.45. The van der Waals surface area contributed by atoms with Crippen LogP contribution < -0.4 is 10.9 Å². The second kappa shape index (κ2) is 8.98. The van der Waals surface area contributed by atoms with Gasteiger partial charge in [-0.1, -0.05) is 0 Å².